The van der Waals surface area contributed by atoms with Crippen molar-refractivity contribution in [2.75, 3.05) is 20.3 Å². The first-order valence-corrected chi connectivity index (χ1v) is 11.1. The molecule has 1 aromatic carbocycles. The number of esters is 1. The minimum absolute atomic E-state index is 0.159. The molecule has 2 aliphatic rings. The number of rotatable bonds is 7. The quantitative estimate of drug-likeness (QED) is 0.355. The van der Waals surface area contributed by atoms with Gasteiger partial charge in [-0.2, -0.15) is 0 Å². The molecule has 0 radical (unpaired) electrons. The molecule has 0 aliphatic carbocycles. The molecule has 164 valence electrons. The fourth-order valence-corrected chi connectivity index (χ4v) is 5.55. The number of carbonyl (C=O) groups is 3. The van der Waals surface area contributed by atoms with Crippen molar-refractivity contribution in [2.45, 2.75) is 39.3 Å². The molecule has 2 saturated heterocycles. The van der Waals surface area contributed by atoms with Gasteiger partial charge in [0.25, 0.3) is 0 Å². The molecule has 30 heavy (non-hydrogen) atoms. The molecule has 0 spiro atoms. The molecule has 0 saturated carbocycles. The number of hydrogen-bond acceptors (Lipinski definition) is 6. The maximum atomic E-state index is 12.8. The molecule has 3 rings (SSSR count). The molecule has 1 aromatic rings. The number of fused-ring (bicyclic) bond motifs is 1. The lowest BCUT2D eigenvalue weighted by Gasteiger charge is -2.44. The highest BCUT2D eigenvalue weighted by Gasteiger charge is 2.66. The van der Waals surface area contributed by atoms with Crippen molar-refractivity contribution < 1.29 is 23.9 Å². The zero-order valence-corrected chi connectivity index (χ0v) is 19.4. The van der Waals surface area contributed by atoms with Gasteiger partial charge in [-0.15, -0.1) is 11.8 Å². The van der Waals surface area contributed by atoms with Crippen LogP contribution in [0.25, 0.3) is 0 Å². The molecule has 4 unspecified atom stereocenters. The second-order valence-corrected chi connectivity index (χ2v) is 11.5. The Morgan fingerprint density at radius 2 is 1.93 bits per heavy atom. The molecule has 0 bridgehead atoms. The van der Waals surface area contributed by atoms with Crippen molar-refractivity contribution in [2.24, 2.45) is 0 Å². The van der Waals surface area contributed by atoms with Crippen LogP contribution in [0.15, 0.2) is 30.3 Å². The molecule has 2 fully saturated rings. The second kappa shape index (κ2) is 9.12. The maximum Gasteiger partial charge on any atom is 0.330 e. The highest BCUT2D eigenvalue weighted by molar-refractivity contribution is 8.01. The molecular formula is C19H21Cl3N2O5S. The van der Waals surface area contributed by atoms with E-state index >= 15 is 0 Å². The van der Waals surface area contributed by atoms with Crippen molar-refractivity contribution in [1.29, 1.82) is 0 Å². The number of carbonyl (C=O) groups excluding carboxylic acids is 3. The Morgan fingerprint density at radius 3 is 2.53 bits per heavy atom. The molecule has 11 heteroatoms. The Bertz CT molecular complexity index is 822. The topological polar surface area (TPSA) is 84.9 Å². The van der Waals surface area contributed by atoms with Crippen LogP contribution >= 0.6 is 46.6 Å². The molecule has 2 heterocycles. The van der Waals surface area contributed by atoms with Crippen LogP contribution in [0.5, 0.6) is 0 Å². The summed E-state index contributed by atoms with van der Waals surface area (Å²) in [7, 11) is 1.51. The van der Waals surface area contributed by atoms with Crippen molar-refractivity contribution >= 4 is 64.3 Å². The number of halogens is 3. The van der Waals surface area contributed by atoms with E-state index in [2.05, 4.69) is 5.32 Å². The van der Waals surface area contributed by atoms with Crippen LogP contribution in [0, 0.1) is 0 Å². The minimum Gasteiger partial charge on any atom is -0.460 e. The molecule has 1 N–H and O–H groups in total. The lowest BCUT2D eigenvalue weighted by Crippen LogP contribution is -2.71. The smallest absolute Gasteiger partial charge is 0.330 e. The van der Waals surface area contributed by atoms with Gasteiger partial charge in [-0.1, -0.05) is 65.1 Å². The number of hydrogen-bond donors (Lipinski definition) is 1. The highest BCUT2D eigenvalue weighted by Crippen LogP contribution is 2.51. The zero-order chi connectivity index (χ0) is 22.1. The summed E-state index contributed by atoms with van der Waals surface area (Å²) in [6.45, 7) is 1.55. The number of β-lactam (4-membered cyclic amide) rings is 1. The zero-order valence-electron chi connectivity index (χ0n) is 16.3. The van der Waals surface area contributed by atoms with Gasteiger partial charge in [-0.25, -0.2) is 4.79 Å². The van der Waals surface area contributed by atoms with Crippen molar-refractivity contribution in [1.82, 2.24) is 10.2 Å². The largest absolute Gasteiger partial charge is 0.460 e. The maximum absolute atomic E-state index is 12.8. The second-order valence-electron chi connectivity index (χ2n) is 7.33. The molecule has 7 nitrogen and oxygen atoms in total. The van der Waals surface area contributed by atoms with E-state index in [0.717, 1.165) is 5.56 Å². The van der Waals surface area contributed by atoms with Crippen LogP contribution in [0.1, 0.15) is 12.5 Å². The van der Waals surface area contributed by atoms with E-state index in [1.165, 1.54) is 23.8 Å². The number of methoxy groups -OCH3 is 1. The average molecular weight is 496 g/mol. The Morgan fingerprint density at radius 1 is 1.27 bits per heavy atom. The van der Waals surface area contributed by atoms with Crippen molar-refractivity contribution in [3.05, 3.63) is 35.9 Å². The normalized spacial score (nSPS) is 28.0. The number of benzene rings is 1. The van der Waals surface area contributed by atoms with Gasteiger partial charge in [0.05, 0.1) is 17.8 Å². The lowest BCUT2D eigenvalue weighted by molar-refractivity contribution is -0.165. The van der Waals surface area contributed by atoms with E-state index in [1.807, 2.05) is 30.3 Å². The molecule has 2 aliphatic heterocycles. The van der Waals surface area contributed by atoms with Gasteiger partial charge in [-0.05, 0) is 12.5 Å². The van der Waals surface area contributed by atoms with Crippen LogP contribution in [0.4, 0.5) is 0 Å². The van der Waals surface area contributed by atoms with E-state index in [1.54, 1.807) is 6.92 Å². The van der Waals surface area contributed by atoms with Crippen LogP contribution in [0.2, 0.25) is 0 Å². The number of thioether (sulfide) groups is 1. The number of alkyl halides is 3. The predicted octanol–water partition coefficient (Wildman–Crippen LogP) is 2.32. The summed E-state index contributed by atoms with van der Waals surface area (Å²) in [6, 6.07) is 7.58. The first-order chi connectivity index (χ1) is 14.1. The summed E-state index contributed by atoms with van der Waals surface area (Å²) in [6.07, 6.45) is 0.159. The third-order valence-electron chi connectivity index (χ3n) is 4.88. The number of nitrogens with one attached hydrogen (secondary N) is 1. The van der Waals surface area contributed by atoms with E-state index < -0.39 is 38.6 Å². The molecular weight excluding hydrogens is 475 g/mol. The summed E-state index contributed by atoms with van der Waals surface area (Å²) in [5, 5.41) is 2.36. The molecule has 4 atom stereocenters. The van der Waals surface area contributed by atoms with Crippen molar-refractivity contribution in [3.63, 3.8) is 0 Å². The lowest BCUT2D eigenvalue weighted by atomic mass is 9.95. The van der Waals surface area contributed by atoms with Gasteiger partial charge in [-0.3, -0.25) is 9.59 Å². The van der Waals surface area contributed by atoms with Gasteiger partial charge < -0.3 is 19.7 Å². The van der Waals surface area contributed by atoms with Crippen LogP contribution < -0.4 is 5.32 Å². The van der Waals surface area contributed by atoms with Gasteiger partial charge in [0.1, 0.15) is 24.1 Å². The molecule has 0 aromatic heterocycles. The SMILES string of the molecule is COCC1(C)SC2C(NC(=O)Cc3ccccc3)C(=O)N2C1C(=O)OCC(Cl)(Cl)Cl. The van der Waals surface area contributed by atoms with E-state index in [9.17, 15) is 14.4 Å². The third-order valence-corrected chi connectivity index (χ3v) is 6.83. The summed E-state index contributed by atoms with van der Waals surface area (Å²) in [5.74, 6) is -1.31. The Labute approximate surface area is 193 Å². The molecule has 2 amide bonds. The predicted molar refractivity (Wildman–Crippen MR) is 116 cm³/mol. The van der Waals surface area contributed by atoms with Crippen LogP contribution in [0.3, 0.4) is 0 Å². The van der Waals surface area contributed by atoms with Crippen LogP contribution in [-0.4, -0.2) is 69.0 Å². The third kappa shape index (κ3) is 4.99. The van der Waals surface area contributed by atoms with E-state index in [-0.39, 0.29) is 24.8 Å². The number of ether oxygens (including phenoxy) is 2. The summed E-state index contributed by atoms with van der Waals surface area (Å²) in [5.41, 5.74) is 0.843. The fraction of sp³-hybridized carbons (Fsp3) is 0.526. The Hall–Kier alpha value is -1.19. The van der Waals surface area contributed by atoms with Gasteiger partial charge in [0, 0.05) is 7.11 Å². The fourth-order valence-electron chi connectivity index (χ4n) is 3.65. The van der Waals surface area contributed by atoms with Crippen molar-refractivity contribution in [3.8, 4) is 0 Å². The van der Waals surface area contributed by atoms with Gasteiger partial charge in [0.2, 0.25) is 15.6 Å². The average Bonchev–Trinajstić information content (AvgIpc) is 2.94. The first kappa shape index (κ1) is 23.5. The summed E-state index contributed by atoms with van der Waals surface area (Å²) >= 11 is 18.4. The Kier molecular flexibility index (Phi) is 7.14. The van der Waals surface area contributed by atoms with Gasteiger partial charge >= 0.3 is 5.97 Å². The number of amides is 2. The van der Waals surface area contributed by atoms with Gasteiger partial charge in [0.15, 0.2) is 0 Å². The van der Waals surface area contributed by atoms with E-state index in [4.69, 9.17) is 44.3 Å². The monoisotopic (exact) mass is 494 g/mol. The van der Waals surface area contributed by atoms with Crippen LogP contribution in [-0.2, 0) is 30.3 Å². The summed E-state index contributed by atoms with van der Waals surface area (Å²) in [4.78, 5) is 39.4. The highest BCUT2D eigenvalue weighted by atomic mass is 35.6. The van der Waals surface area contributed by atoms with E-state index in [0.29, 0.717) is 0 Å². The summed E-state index contributed by atoms with van der Waals surface area (Å²) < 4.78 is 7.88. The number of nitrogens with zero attached hydrogens (tertiary/aromatic N) is 1. The first-order valence-electron chi connectivity index (χ1n) is 9.11. The minimum atomic E-state index is -1.76. The standard InChI is InChI=1S/C19H21Cl3N2O5S/c1-18(9-28-2)14(17(27)29-10-19(20,21)22)24-15(26)13(16(24)30-18)23-12(25)8-11-6-4-3-5-7-11/h3-7,13-14,16H,8-10H2,1-2H3,(H,23,25). The Balaban J connectivity index is 1.70.